The minimum atomic E-state index is 1.24. The van der Waals surface area contributed by atoms with Crippen molar-refractivity contribution in [3.05, 3.63) is 30.3 Å². The van der Waals surface area contributed by atoms with Gasteiger partial charge in [0.1, 0.15) is 0 Å². The molecule has 0 aliphatic heterocycles. The van der Waals surface area contributed by atoms with Gasteiger partial charge in [-0.2, -0.15) is 0 Å². The van der Waals surface area contributed by atoms with E-state index in [4.69, 9.17) is 0 Å². The van der Waals surface area contributed by atoms with Gasteiger partial charge in [-0.05, 0) is 37.2 Å². The normalized spacial score (nSPS) is 10.9. The van der Waals surface area contributed by atoms with E-state index in [9.17, 15) is 0 Å². The van der Waals surface area contributed by atoms with Crippen LogP contribution in [0, 0.1) is 0 Å². The van der Waals surface area contributed by atoms with Crippen molar-refractivity contribution in [1.29, 1.82) is 0 Å². The Morgan fingerprint density at radius 3 is 1.53 bits per heavy atom. The molecule has 0 atom stereocenters. The summed E-state index contributed by atoms with van der Waals surface area (Å²) in [6, 6.07) is 10.6. The highest BCUT2D eigenvalue weighted by molar-refractivity contribution is 8.04. The maximum Gasteiger partial charge on any atom is 0.0950 e. The van der Waals surface area contributed by atoms with Crippen molar-refractivity contribution in [3.8, 4) is 5.69 Å². The molecule has 1 heterocycles. The van der Waals surface area contributed by atoms with Crippen LogP contribution in [0.4, 0.5) is 0 Å². The van der Waals surface area contributed by atoms with Crippen LogP contribution in [-0.4, -0.2) is 29.6 Å². The molecule has 0 bridgehead atoms. The fourth-order valence-corrected chi connectivity index (χ4v) is 6.15. The van der Waals surface area contributed by atoms with E-state index in [1.54, 1.807) is 0 Å². The molecule has 0 unspecified atom stereocenters. The SMILES string of the molecule is CSc1c(SC)c(SC)n(-c2ccccc2)c1SC. The average molecular weight is 328 g/mol. The molecule has 1 aromatic heterocycles. The van der Waals surface area contributed by atoms with Crippen LogP contribution in [0.25, 0.3) is 5.69 Å². The Hall–Kier alpha value is -0.100. The van der Waals surface area contributed by atoms with Crippen molar-refractivity contribution in [2.45, 2.75) is 19.8 Å². The molecular formula is C14H17NS4. The molecule has 2 rings (SSSR count). The summed E-state index contributed by atoms with van der Waals surface area (Å²) in [5, 5.41) is 2.68. The summed E-state index contributed by atoms with van der Waals surface area (Å²) in [6.45, 7) is 0. The van der Waals surface area contributed by atoms with E-state index in [1.165, 1.54) is 25.5 Å². The molecule has 1 aromatic carbocycles. The minimum Gasteiger partial charge on any atom is -0.297 e. The molecule has 0 aliphatic rings. The maximum absolute atomic E-state index is 2.38. The Bertz CT molecular complexity index is 519. The van der Waals surface area contributed by atoms with Crippen molar-refractivity contribution in [3.63, 3.8) is 0 Å². The van der Waals surface area contributed by atoms with E-state index < -0.39 is 0 Å². The van der Waals surface area contributed by atoms with Crippen LogP contribution in [0.15, 0.2) is 50.2 Å². The third-order valence-corrected chi connectivity index (χ3v) is 6.36. The number of hydrogen-bond donors (Lipinski definition) is 0. The molecule has 0 spiro atoms. The second-order valence-corrected chi connectivity index (χ2v) is 6.98. The highest BCUT2D eigenvalue weighted by Gasteiger charge is 2.21. The zero-order chi connectivity index (χ0) is 13.8. The van der Waals surface area contributed by atoms with Gasteiger partial charge < -0.3 is 0 Å². The summed E-state index contributed by atoms with van der Waals surface area (Å²) in [5.41, 5.74) is 1.24. The van der Waals surface area contributed by atoms with Crippen LogP contribution in [0.1, 0.15) is 0 Å². The number of para-hydroxylation sites is 1. The molecular weight excluding hydrogens is 310 g/mol. The Morgan fingerprint density at radius 1 is 0.684 bits per heavy atom. The van der Waals surface area contributed by atoms with Crippen LogP contribution in [-0.2, 0) is 0 Å². The zero-order valence-corrected chi connectivity index (χ0v) is 14.7. The largest absolute Gasteiger partial charge is 0.297 e. The summed E-state index contributed by atoms with van der Waals surface area (Å²) in [6.07, 6.45) is 8.63. The number of rotatable bonds is 5. The topological polar surface area (TPSA) is 4.93 Å². The molecule has 5 heteroatoms. The van der Waals surface area contributed by atoms with Gasteiger partial charge in [-0.1, -0.05) is 18.2 Å². The molecule has 0 amide bonds. The van der Waals surface area contributed by atoms with Crippen LogP contribution >= 0.6 is 47.0 Å². The predicted molar refractivity (Wildman–Crippen MR) is 92.9 cm³/mol. The van der Waals surface area contributed by atoms with Crippen molar-refractivity contribution >= 4 is 47.0 Å². The standard InChI is InChI=1S/C14H17NS4/c1-16-11-12(17-2)14(19-4)15(13(11)18-3)10-8-6-5-7-9-10/h5-9H,1-4H3. The Balaban J connectivity index is 2.74. The van der Waals surface area contributed by atoms with Crippen molar-refractivity contribution in [2.75, 3.05) is 25.0 Å². The number of aromatic nitrogens is 1. The van der Waals surface area contributed by atoms with Gasteiger partial charge in [0.25, 0.3) is 0 Å². The van der Waals surface area contributed by atoms with E-state index in [0.29, 0.717) is 0 Å². The first-order valence-electron chi connectivity index (χ1n) is 5.78. The van der Waals surface area contributed by atoms with Crippen molar-refractivity contribution in [2.24, 2.45) is 0 Å². The molecule has 102 valence electrons. The number of benzene rings is 1. The van der Waals surface area contributed by atoms with Crippen molar-refractivity contribution < 1.29 is 0 Å². The molecule has 2 aromatic rings. The van der Waals surface area contributed by atoms with Gasteiger partial charge in [0.15, 0.2) is 0 Å². The summed E-state index contributed by atoms with van der Waals surface area (Å²) < 4.78 is 2.38. The Morgan fingerprint density at radius 2 is 1.16 bits per heavy atom. The first-order valence-corrected chi connectivity index (χ1v) is 10.7. The first kappa shape index (κ1) is 15.3. The molecule has 0 saturated carbocycles. The third kappa shape index (κ3) is 2.84. The van der Waals surface area contributed by atoms with Crippen molar-refractivity contribution in [1.82, 2.24) is 4.57 Å². The minimum absolute atomic E-state index is 1.24. The van der Waals surface area contributed by atoms with E-state index in [0.717, 1.165) is 0 Å². The lowest BCUT2D eigenvalue weighted by Gasteiger charge is -2.11. The average Bonchev–Trinajstić information content (AvgIpc) is 2.80. The molecule has 0 fully saturated rings. The second kappa shape index (κ2) is 7.07. The quantitative estimate of drug-likeness (QED) is 0.680. The Kier molecular flexibility index (Phi) is 5.69. The third-order valence-electron chi connectivity index (χ3n) is 2.81. The van der Waals surface area contributed by atoms with Crippen LogP contribution in [0.5, 0.6) is 0 Å². The molecule has 1 nitrogen and oxygen atoms in total. The predicted octanol–water partition coefficient (Wildman–Crippen LogP) is 5.36. The van der Waals surface area contributed by atoms with Gasteiger partial charge in [-0.15, -0.1) is 47.0 Å². The monoisotopic (exact) mass is 327 g/mol. The van der Waals surface area contributed by atoms with Crippen LogP contribution < -0.4 is 0 Å². The number of thioether (sulfide) groups is 4. The second-order valence-electron chi connectivity index (χ2n) is 3.76. The summed E-state index contributed by atoms with van der Waals surface area (Å²) in [4.78, 5) is 2.79. The van der Waals surface area contributed by atoms with Gasteiger partial charge in [0, 0.05) is 5.69 Å². The first-order chi connectivity index (χ1) is 9.28. The summed E-state index contributed by atoms with van der Waals surface area (Å²) >= 11 is 7.33. The van der Waals surface area contributed by atoms with Gasteiger partial charge in [0.05, 0.1) is 19.8 Å². The van der Waals surface area contributed by atoms with E-state index >= 15 is 0 Å². The summed E-state index contributed by atoms with van der Waals surface area (Å²) in [7, 11) is 0. The number of nitrogens with zero attached hydrogens (tertiary/aromatic N) is 1. The highest BCUT2D eigenvalue weighted by atomic mass is 32.2. The number of hydrogen-bond acceptors (Lipinski definition) is 4. The maximum atomic E-state index is 2.38. The fraction of sp³-hybridized carbons (Fsp3) is 0.286. The van der Waals surface area contributed by atoms with E-state index in [2.05, 4.69) is 59.9 Å². The molecule has 19 heavy (non-hydrogen) atoms. The lowest BCUT2D eigenvalue weighted by atomic mass is 10.3. The van der Waals surface area contributed by atoms with Gasteiger partial charge >= 0.3 is 0 Å². The molecule has 0 N–H and O–H groups in total. The molecule has 0 aliphatic carbocycles. The van der Waals surface area contributed by atoms with Gasteiger partial charge in [-0.3, -0.25) is 4.57 Å². The molecule has 0 saturated heterocycles. The lowest BCUT2D eigenvalue weighted by molar-refractivity contribution is 0.843. The zero-order valence-electron chi connectivity index (χ0n) is 11.5. The lowest BCUT2D eigenvalue weighted by Crippen LogP contribution is -1.97. The van der Waals surface area contributed by atoms with Crippen LogP contribution in [0.3, 0.4) is 0 Å². The van der Waals surface area contributed by atoms with E-state index in [1.807, 2.05) is 47.0 Å². The smallest absolute Gasteiger partial charge is 0.0950 e. The summed E-state index contributed by atoms with van der Waals surface area (Å²) in [5.74, 6) is 0. The fourth-order valence-electron chi connectivity index (χ4n) is 2.03. The van der Waals surface area contributed by atoms with Crippen LogP contribution in [0.2, 0.25) is 0 Å². The highest BCUT2D eigenvalue weighted by Crippen LogP contribution is 2.45. The van der Waals surface area contributed by atoms with Gasteiger partial charge in [0.2, 0.25) is 0 Å². The molecule has 0 radical (unpaired) electrons. The van der Waals surface area contributed by atoms with Gasteiger partial charge in [-0.25, -0.2) is 0 Å². The Labute approximate surface area is 132 Å². The van der Waals surface area contributed by atoms with E-state index in [-0.39, 0.29) is 0 Å².